The topological polar surface area (TPSA) is 93.4 Å². The second-order valence-corrected chi connectivity index (χ2v) is 7.35. The van der Waals surface area contributed by atoms with Gasteiger partial charge in [0.05, 0.1) is 11.3 Å². The van der Waals surface area contributed by atoms with E-state index in [4.69, 9.17) is 5.11 Å². The number of hydrazone groups is 1. The Morgan fingerprint density at radius 2 is 1.88 bits per heavy atom. The van der Waals surface area contributed by atoms with Gasteiger partial charge in [0, 0.05) is 7.05 Å². The molecular weight excluding hydrogens is 322 g/mol. The summed E-state index contributed by atoms with van der Waals surface area (Å²) in [6.45, 7) is 7.01. The summed E-state index contributed by atoms with van der Waals surface area (Å²) in [5.74, 6) is -0.349. The quantitative estimate of drug-likeness (QED) is 0.632. The van der Waals surface area contributed by atoms with E-state index in [9.17, 15) is 14.8 Å². The molecular formula is C18H25N3O4. The lowest BCUT2D eigenvalue weighted by atomic mass is 9.65. The van der Waals surface area contributed by atoms with Crippen molar-refractivity contribution in [2.75, 3.05) is 7.05 Å². The summed E-state index contributed by atoms with van der Waals surface area (Å²) in [4.78, 5) is 24.3. The highest BCUT2D eigenvalue weighted by molar-refractivity contribution is 6.20. The summed E-state index contributed by atoms with van der Waals surface area (Å²) in [5, 5.41) is 25.2. The molecule has 0 radical (unpaired) electrons. The molecule has 7 heteroatoms. The van der Waals surface area contributed by atoms with E-state index in [2.05, 4.69) is 5.10 Å². The zero-order valence-corrected chi connectivity index (χ0v) is 15.2. The van der Waals surface area contributed by atoms with Gasteiger partial charge in [-0.3, -0.25) is 10.0 Å². The summed E-state index contributed by atoms with van der Waals surface area (Å²) < 4.78 is 0. The number of rotatable bonds is 5. The minimum absolute atomic E-state index is 0.108. The third-order valence-electron chi connectivity index (χ3n) is 4.85. The number of carbonyl (C=O) groups excluding carboxylic acids is 1. The van der Waals surface area contributed by atoms with Crippen molar-refractivity contribution in [2.45, 2.75) is 39.7 Å². The van der Waals surface area contributed by atoms with Crippen molar-refractivity contribution < 1.29 is 19.9 Å². The largest absolute Gasteiger partial charge is 0.463 e. The maximum atomic E-state index is 13.1. The predicted molar refractivity (Wildman–Crippen MR) is 93.4 cm³/mol. The van der Waals surface area contributed by atoms with E-state index in [0.717, 1.165) is 5.56 Å². The third kappa shape index (κ3) is 3.11. The molecule has 1 heterocycles. The van der Waals surface area contributed by atoms with Crippen LogP contribution in [0.2, 0.25) is 0 Å². The molecule has 1 aliphatic heterocycles. The van der Waals surface area contributed by atoms with Gasteiger partial charge < -0.3 is 5.11 Å². The van der Waals surface area contributed by atoms with Crippen LogP contribution in [0.1, 0.15) is 39.7 Å². The Balaban J connectivity index is 2.58. The second-order valence-electron chi connectivity index (χ2n) is 7.35. The fourth-order valence-electron chi connectivity index (χ4n) is 3.49. The molecule has 2 N–H and O–H groups in total. The molecule has 0 fully saturated rings. The minimum Gasteiger partial charge on any atom is -0.463 e. The number of hydroxylamine groups is 2. The SMILES string of the molecule is CC(C)C1(CC(C)(C)N(O)C(=O)O)C(=O)N(C)N=C1c1ccccc1. The molecule has 1 aromatic rings. The monoisotopic (exact) mass is 347 g/mol. The van der Waals surface area contributed by atoms with Crippen LogP contribution in [0.4, 0.5) is 4.79 Å². The van der Waals surface area contributed by atoms with E-state index < -0.39 is 17.0 Å². The molecule has 25 heavy (non-hydrogen) atoms. The van der Waals surface area contributed by atoms with E-state index in [-0.39, 0.29) is 23.3 Å². The Hall–Kier alpha value is -2.41. The van der Waals surface area contributed by atoms with Crippen molar-refractivity contribution in [2.24, 2.45) is 16.4 Å². The maximum Gasteiger partial charge on any atom is 0.431 e. The van der Waals surface area contributed by atoms with Crippen molar-refractivity contribution in [1.29, 1.82) is 0 Å². The van der Waals surface area contributed by atoms with Gasteiger partial charge in [-0.05, 0) is 31.7 Å². The maximum absolute atomic E-state index is 13.1. The average Bonchev–Trinajstić information content (AvgIpc) is 2.80. The molecule has 0 aliphatic carbocycles. The number of hydrogen-bond donors (Lipinski definition) is 2. The highest BCUT2D eigenvalue weighted by Gasteiger charge is 2.56. The molecule has 0 spiro atoms. The Morgan fingerprint density at radius 1 is 1.32 bits per heavy atom. The summed E-state index contributed by atoms with van der Waals surface area (Å²) >= 11 is 0. The van der Waals surface area contributed by atoms with Crippen molar-refractivity contribution in [3.63, 3.8) is 0 Å². The van der Waals surface area contributed by atoms with Gasteiger partial charge in [0.15, 0.2) is 0 Å². The molecule has 1 unspecified atom stereocenters. The number of nitrogens with zero attached hydrogens (tertiary/aromatic N) is 3. The lowest BCUT2D eigenvalue weighted by molar-refractivity contribution is -0.152. The van der Waals surface area contributed by atoms with E-state index >= 15 is 0 Å². The summed E-state index contributed by atoms with van der Waals surface area (Å²) in [7, 11) is 1.59. The predicted octanol–water partition coefficient (Wildman–Crippen LogP) is 3.04. The van der Waals surface area contributed by atoms with Crippen molar-refractivity contribution in [1.82, 2.24) is 10.1 Å². The van der Waals surface area contributed by atoms with Crippen LogP contribution in [0.15, 0.2) is 35.4 Å². The first-order chi connectivity index (χ1) is 11.5. The molecule has 0 saturated carbocycles. The summed E-state index contributed by atoms with van der Waals surface area (Å²) in [5.41, 5.74) is -0.797. The average molecular weight is 347 g/mol. The van der Waals surface area contributed by atoms with Gasteiger partial charge in [-0.1, -0.05) is 44.2 Å². The molecule has 0 saturated heterocycles. The molecule has 136 valence electrons. The van der Waals surface area contributed by atoms with Crippen molar-refractivity contribution in [3.05, 3.63) is 35.9 Å². The highest BCUT2D eigenvalue weighted by atomic mass is 16.6. The van der Waals surface area contributed by atoms with Gasteiger partial charge in [0.1, 0.15) is 5.41 Å². The summed E-state index contributed by atoms with van der Waals surface area (Å²) in [6, 6.07) is 9.37. The number of hydrogen-bond acceptors (Lipinski definition) is 4. The molecule has 1 aromatic carbocycles. The van der Waals surface area contributed by atoms with Crippen LogP contribution in [0.25, 0.3) is 0 Å². The van der Waals surface area contributed by atoms with Crippen LogP contribution in [0, 0.1) is 11.3 Å². The lowest BCUT2D eigenvalue weighted by Gasteiger charge is -2.41. The molecule has 2 rings (SSSR count). The van der Waals surface area contributed by atoms with E-state index in [1.165, 1.54) is 5.01 Å². The van der Waals surface area contributed by atoms with Crippen LogP contribution in [-0.2, 0) is 4.79 Å². The standard InChI is InChI=1S/C18H25N3O4/c1-12(2)18(11-17(3,4)21(25)16(23)24)14(19-20(5)15(18)22)13-9-7-6-8-10-13/h6-10,12,25H,11H2,1-5H3,(H,23,24). The van der Waals surface area contributed by atoms with Crippen molar-refractivity contribution in [3.8, 4) is 0 Å². The Kier molecular flexibility index (Phi) is 4.90. The summed E-state index contributed by atoms with van der Waals surface area (Å²) in [6.07, 6.45) is -1.35. The first-order valence-electron chi connectivity index (χ1n) is 8.18. The van der Waals surface area contributed by atoms with Crippen molar-refractivity contribution >= 4 is 17.7 Å². The minimum atomic E-state index is -1.46. The van der Waals surface area contributed by atoms with Gasteiger partial charge in [-0.2, -0.15) is 10.2 Å². The molecule has 7 nitrogen and oxygen atoms in total. The van der Waals surface area contributed by atoms with Crippen LogP contribution >= 0.6 is 0 Å². The fraction of sp³-hybridized carbons (Fsp3) is 0.500. The van der Waals surface area contributed by atoms with Crippen LogP contribution in [0.3, 0.4) is 0 Å². The Labute approximate surface area is 147 Å². The van der Waals surface area contributed by atoms with Crippen LogP contribution in [-0.4, -0.2) is 50.7 Å². The first kappa shape index (κ1) is 18.9. The molecule has 1 aliphatic rings. The van der Waals surface area contributed by atoms with E-state index in [0.29, 0.717) is 5.71 Å². The lowest BCUT2D eigenvalue weighted by Crippen LogP contribution is -2.54. The van der Waals surface area contributed by atoms with Gasteiger partial charge >= 0.3 is 6.09 Å². The first-order valence-corrected chi connectivity index (χ1v) is 8.18. The number of benzene rings is 1. The van der Waals surface area contributed by atoms with Crippen LogP contribution < -0.4 is 0 Å². The second kappa shape index (κ2) is 6.48. The van der Waals surface area contributed by atoms with Gasteiger partial charge in [-0.25, -0.2) is 9.80 Å². The van der Waals surface area contributed by atoms with Gasteiger partial charge in [0.2, 0.25) is 0 Å². The molecule has 0 bridgehead atoms. The van der Waals surface area contributed by atoms with Crippen LogP contribution in [0.5, 0.6) is 0 Å². The molecule has 0 aromatic heterocycles. The third-order valence-corrected chi connectivity index (χ3v) is 4.85. The van der Waals surface area contributed by atoms with Gasteiger partial charge in [0.25, 0.3) is 5.91 Å². The fourth-order valence-corrected chi connectivity index (χ4v) is 3.49. The smallest absolute Gasteiger partial charge is 0.431 e. The highest BCUT2D eigenvalue weighted by Crippen LogP contribution is 2.45. The Bertz CT molecular complexity index is 700. The van der Waals surface area contributed by atoms with E-state index in [1.54, 1.807) is 20.9 Å². The molecule has 1 atom stereocenters. The number of amides is 2. The normalized spacial score (nSPS) is 20.8. The molecule has 2 amide bonds. The number of carbonyl (C=O) groups is 2. The Morgan fingerprint density at radius 3 is 2.36 bits per heavy atom. The zero-order valence-electron chi connectivity index (χ0n) is 15.2. The van der Waals surface area contributed by atoms with Gasteiger partial charge in [-0.15, -0.1) is 0 Å². The zero-order chi connectivity index (χ0) is 19.0. The number of carboxylic acid groups (broad SMARTS) is 1. The van der Waals surface area contributed by atoms with E-state index in [1.807, 2.05) is 44.2 Å².